The first kappa shape index (κ1) is 13.1. The molecule has 2 rings (SSSR count). The molecule has 5 nitrogen and oxygen atoms in total. The van der Waals surface area contributed by atoms with Crippen LogP contribution in [0.25, 0.3) is 0 Å². The van der Waals surface area contributed by atoms with Crippen LogP contribution in [0, 0.1) is 13.8 Å². The molecule has 1 N–H and O–H groups in total. The summed E-state index contributed by atoms with van der Waals surface area (Å²) in [4.78, 5) is 11.9. The fourth-order valence-corrected chi connectivity index (χ4v) is 2.33. The molecule has 0 aromatic carbocycles. The molecule has 0 saturated carbocycles. The van der Waals surface area contributed by atoms with E-state index in [1.165, 1.54) is 0 Å². The maximum atomic E-state index is 11.9. The summed E-state index contributed by atoms with van der Waals surface area (Å²) in [5.74, 6) is 0.0460. The highest BCUT2D eigenvalue weighted by atomic mass is 16.5. The van der Waals surface area contributed by atoms with Crippen LogP contribution in [-0.4, -0.2) is 34.9 Å². The fraction of sp³-hybridized carbons (Fsp3) is 0.692. The van der Waals surface area contributed by atoms with Gasteiger partial charge in [0.1, 0.15) is 0 Å². The lowest BCUT2D eigenvalue weighted by Gasteiger charge is -2.10. The minimum absolute atomic E-state index is 0.0460. The maximum absolute atomic E-state index is 11.9. The Bertz CT molecular complexity index is 434. The molecule has 2 heterocycles. The number of carbonyl (C=O) groups excluding carboxylic acids is 1. The Balaban J connectivity index is 1.86. The van der Waals surface area contributed by atoms with Crippen LogP contribution in [0.15, 0.2) is 0 Å². The lowest BCUT2D eigenvalue weighted by molar-refractivity contribution is -0.120. The zero-order valence-corrected chi connectivity index (χ0v) is 11.3. The van der Waals surface area contributed by atoms with Crippen molar-refractivity contribution in [2.75, 3.05) is 13.2 Å². The highest BCUT2D eigenvalue weighted by Gasteiger charge is 2.17. The van der Waals surface area contributed by atoms with Gasteiger partial charge in [-0.1, -0.05) is 0 Å². The molecule has 0 spiro atoms. The van der Waals surface area contributed by atoms with Crippen LogP contribution in [0.3, 0.4) is 0 Å². The van der Waals surface area contributed by atoms with Gasteiger partial charge in [0.25, 0.3) is 0 Å². The molecular formula is C13H21N3O2. The minimum atomic E-state index is 0.0460. The van der Waals surface area contributed by atoms with Gasteiger partial charge in [0.05, 0.1) is 18.2 Å². The molecule has 1 aliphatic rings. The third kappa shape index (κ3) is 2.90. The molecule has 100 valence electrons. The maximum Gasteiger partial charge on any atom is 0.224 e. The smallest absolute Gasteiger partial charge is 0.224 e. The van der Waals surface area contributed by atoms with Crippen molar-refractivity contribution in [2.24, 2.45) is 7.05 Å². The van der Waals surface area contributed by atoms with Crippen molar-refractivity contribution in [3.8, 4) is 0 Å². The summed E-state index contributed by atoms with van der Waals surface area (Å²) in [6.07, 6.45) is 2.75. The van der Waals surface area contributed by atoms with Crippen molar-refractivity contribution in [3.05, 3.63) is 17.0 Å². The van der Waals surface area contributed by atoms with Gasteiger partial charge in [0.15, 0.2) is 0 Å². The molecule has 0 unspecified atom stereocenters. The topological polar surface area (TPSA) is 56.2 Å². The second kappa shape index (κ2) is 5.52. The lowest BCUT2D eigenvalue weighted by Crippen LogP contribution is -2.33. The summed E-state index contributed by atoms with van der Waals surface area (Å²) < 4.78 is 7.29. The Morgan fingerprint density at radius 1 is 1.56 bits per heavy atom. The van der Waals surface area contributed by atoms with E-state index in [9.17, 15) is 4.79 Å². The van der Waals surface area contributed by atoms with Crippen LogP contribution in [0.4, 0.5) is 0 Å². The van der Waals surface area contributed by atoms with E-state index < -0.39 is 0 Å². The fourth-order valence-electron chi connectivity index (χ4n) is 2.33. The number of nitrogens with zero attached hydrogens (tertiary/aromatic N) is 2. The first-order valence-electron chi connectivity index (χ1n) is 6.45. The number of ether oxygens (including phenoxy) is 1. The van der Waals surface area contributed by atoms with Crippen molar-refractivity contribution < 1.29 is 9.53 Å². The Kier molecular flexibility index (Phi) is 4.01. The highest BCUT2D eigenvalue weighted by molar-refractivity contribution is 5.79. The third-order valence-electron chi connectivity index (χ3n) is 3.55. The lowest BCUT2D eigenvalue weighted by atomic mass is 10.1. The van der Waals surface area contributed by atoms with Crippen LogP contribution >= 0.6 is 0 Å². The molecule has 0 bridgehead atoms. The molecule has 5 heteroatoms. The average molecular weight is 251 g/mol. The summed E-state index contributed by atoms with van der Waals surface area (Å²) in [6, 6.07) is 0. The van der Waals surface area contributed by atoms with E-state index in [1.54, 1.807) is 0 Å². The number of aromatic nitrogens is 2. The number of aryl methyl sites for hydroxylation is 2. The molecule has 1 aromatic heterocycles. The van der Waals surface area contributed by atoms with Crippen LogP contribution in [-0.2, 0) is 23.0 Å². The molecule has 18 heavy (non-hydrogen) atoms. The van der Waals surface area contributed by atoms with Crippen LogP contribution in [0.1, 0.15) is 29.8 Å². The molecule has 0 radical (unpaired) electrons. The first-order chi connectivity index (χ1) is 8.58. The summed E-state index contributed by atoms with van der Waals surface area (Å²) in [5.41, 5.74) is 3.02. The van der Waals surface area contributed by atoms with Crippen molar-refractivity contribution in [1.29, 1.82) is 0 Å². The zero-order chi connectivity index (χ0) is 13.1. The van der Waals surface area contributed by atoms with Gasteiger partial charge < -0.3 is 10.1 Å². The average Bonchev–Trinajstić information content (AvgIpc) is 2.92. The Labute approximate surface area is 108 Å². The Morgan fingerprint density at radius 2 is 2.33 bits per heavy atom. The number of rotatable bonds is 4. The second-order valence-electron chi connectivity index (χ2n) is 4.89. The Hall–Kier alpha value is -1.36. The van der Waals surface area contributed by atoms with E-state index in [0.29, 0.717) is 13.0 Å². The van der Waals surface area contributed by atoms with Crippen molar-refractivity contribution >= 4 is 5.91 Å². The number of carbonyl (C=O) groups is 1. The van der Waals surface area contributed by atoms with Crippen LogP contribution in [0.5, 0.6) is 0 Å². The number of hydrogen-bond donors (Lipinski definition) is 1. The van der Waals surface area contributed by atoms with E-state index in [2.05, 4.69) is 10.4 Å². The second-order valence-corrected chi connectivity index (χ2v) is 4.89. The molecule has 1 aliphatic heterocycles. The molecule has 1 aromatic rings. The van der Waals surface area contributed by atoms with Gasteiger partial charge in [-0.2, -0.15) is 5.10 Å². The molecule has 1 atom stereocenters. The highest BCUT2D eigenvalue weighted by Crippen LogP contribution is 2.13. The normalized spacial score (nSPS) is 19.2. The number of hydrogen-bond acceptors (Lipinski definition) is 3. The molecule has 1 saturated heterocycles. The van der Waals surface area contributed by atoms with E-state index in [4.69, 9.17) is 4.74 Å². The van der Waals surface area contributed by atoms with E-state index in [1.807, 2.05) is 25.6 Å². The predicted octanol–water partition coefficient (Wildman–Crippen LogP) is 0.875. The van der Waals surface area contributed by atoms with Gasteiger partial charge in [-0.15, -0.1) is 0 Å². The number of nitrogens with one attached hydrogen (secondary N) is 1. The van der Waals surface area contributed by atoms with E-state index in [-0.39, 0.29) is 12.0 Å². The van der Waals surface area contributed by atoms with Gasteiger partial charge in [-0.05, 0) is 26.7 Å². The summed E-state index contributed by atoms with van der Waals surface area (Å²) in [6.45, 7) is 5.37. The van der Waals surface area contributed by atoms with Crippen LogP contribution in [0.2, 0.25) is 0 Å². The molecule has 0 aliphatic carbocycles. The largest absolute Gasteiger partial charge is 0.376 e. The SMILES string of the molecule is Cc1nn(C)c(C)c1CC(=O)NC[C@@H]1CCCO1. The van der Waals surface area contributed by atoms with Gasteiger partial charge in [0, 0.05) is 31.5 Å². The van der Waals surface area contributed by atoms with Gasteiger partial charge in [0.2, 0.25) is 5.91 Å². The quantitative estimate of drug-likeness (QED) is 0.864. The Morgan fingerprint density at radius 3 is 2.89 bits per heavy atom. The molecule has 1 fully saturated rings. The molecule has 1 amide bonds. The van der Waals surface area contributed by atoms with Gasteiger partial charge in [-0.3, -0.25) is 9.48 Å². The van der Waals surface area contributed by atoms with E-state index in [0.717, 1.165) is 36.4 Å². The molecular weight excluding hydrogens is 230 g/mol. The summed E-state index contributed by atoms with van der Waals surface area (Å²) in [7, 11) is 1.90. The van der Waals surface area contributed by atoms with E-state index >= 15 is 0 Å². The first-order valence-corrected chi connectivity index (χ1v) is 6.45. The van der Waals surface area contributed by atoms with Crippen molar-refractivity contribution in [2.45, 2.75) is 39.2 Å². The number of amides is 1. The summed E-state index contributed by atoms with van der Waals surface area (Å²) in [5, 5.41) is 7.25. The monoisotopic (exact) mass is 251 g/mol. The van der Waals surface area contributed by atoms with Crippen LogP contribution < -0.4 is 5.32 Å². The summed E-state index contributed by atoms with van der Waals surface area (Å²) >= 11 is 0. The van der Waals surface area contributed by atoms with Crippen molar-refractivity contribution in [1.82, 2.24) is 15.1 Å². The van der Waals surface area contributed by atoms with Crippen molar-refractivity contribution in [3.63, 3.8) is 0 Å². The standard InChI is InChI=1S/C13H21N3O2/c1-9-12(10(2)16(3)15-9)7-13(17)14-8-11-5-4-6-18-11/h11H,4-8H2,1-3H3,(H,14,17)/t11-/m0/s1. The zero-order valence-electron chi connectivity index (χ0n) is 11.3. The third-order valence-corrected chi connectivity index (χ3v) is 3.55. The minimum Gasteiger partial charge on any atom is -0.376 e. The van der Waals surface area contributed by atoms with Gasteiger partial charge >= 0.3 is 0 Å². The predicted molar refractivity (Wildman–Crippen MR) is 68.4 cm³/mol. The van der Waals surface area contributed by atoms with Gasteiger partial charge in [-0.25, -0.2) is 0 Å².